The lowest BCUT2D eigenvalue weighted by Gasteiger charge is -2.31. The van der Waals surface area contributed by atoms with Gasteiger partial charge in [0, 0.05) is 24.9 Å². The number of benzene rings is 1. The zero-order valence-electron chi connectivity index (χ0n) is 15.9. The lowest BCUT2D eigenvalue weighted by molar-refractivity contribution is -0.135. The highest BCUT2D eigenvalue weighted by atomic mass is 32.1. The molecule has 0 spiro atoms. The third-order valence-electron chi connectivity index (χ3n) is 5.61. The fraction of sp³-hybridized carbons (Fsp3) is 0.571. The second-order valence-electron chi connectivity index (χ2n) is 7.79. The number of fused-ring (bicyclic) bond motifs is 1. The van der Waals surface area contributed by atoms with Crippen LogP contribution in [0.25, 0.3) is 10.2 Å². The Balaban J connectivity index is 1.34. The molecule has 1 saturated carbocycles. The van der Waals surface area contributed by atoms with Crippen LogP contribution in [0.3, 0.4) is 0 Å². The Hall–Kier alpha value is -1.95. The van der Waals surface area contributed by atoms with E-state index in [-0.39, 0.29) is 17.7 Å². The largest absolute Gasteiger partial charge is 0.342 e. The first-order chi connectivity index (χ1) is 13.1. The van der Waals surface area contributed by atoms with E-state index < -0.39 is 0 Å². The van der Waals surface area contributed by atoms with E-state index in [4.69, 9.17) is 0 Å². The number of piperidine rings is 1. The van der Waals surface area contributed by atoms with E-state index in [9.17, 15) is 9.59 Å². The van der Waals surface area contributed by atoms with Crippen molar-refractivity contribution in [2.24, 2.45) is 11.8 Å². The molecule has 2 aromatic rings. The van der Waals surface area contributed by atoms with Gasteiger partial charge in [0.05, 0.1) is 10.2 Å². The molecule has 1 aliphatic carbocycles. The van der Waals surface area contributed by atoms with Crippen LogP contribution in [0.15, 0.2) is 18.2 Å². The van der Waals surface area contributed by atoms with Crippen molar-refractivity contribution in [2.75, 3.05) is 18.4 Å². The van der Waals surface area contributed by atoms with Gasteiger partial charge in [-0.3, -0.25) is 9.59 Å². The smallest absolute Gasteiger partial charge is 0.229 e. The van der Waals surface area contributed by atoms with Crippen LogP contribution >= 0.6 is 11.3 Å². The molecule has 2 heterocycles. The van der Waals surface area contributed by atoms with Crippen LogP contribution < -0.4 is 5.32 Å². The Bertz CT molecular complexity index is 835. The Kier molecular flexibility index (Phi) is 5.43. The topological polar surface area (TPSA) is 62.3 Å². The minimum absolute atomic E-state index is 0.0274. The number of rotatable bonds is 6. The summed E-state index contributed by atoms with van der Waals surface area (Å²) >= 11 is 1.55. The number of carbonyl (C=O) groups excluding carboxylic acids is 2. The predicted molar refractivity (Wildman–Crippen MR) is 109 cm³/mol. The van der Waals surface area contributed by atoms with E-state index >= 15 is 0 Å². The molecule has 0 bridgehead atoms. The van der Waals surface area contributed by atoms with Crippen molar-refractivity contribution in [3.63, 3.8) is 0 Å². The monoisotopic (exact) mass is 385 g/mol. The summed E-state index contributed by atoms with van der Waals surface area (Å²) in [4.78, 5) is 31.3. The number of aryl methyl sites for hydroxylation is 1. The fourth-order valence-electron chi connectivity index (χ4n) is 3.72. The summed E-state index contributed by atoms with van der Waals surface area (Å²) in [5.41, 5.74) is 2.28. The molecule has 1 aliphatic heterocycles. The number of aromatic nitrogens is 1. The van der Waals surface area contributed by atoms with Crippen molar-refractivity contribution in [3.05, 3.63) is 23.8 Å². The normalized spacial score (nSPS) is 18.0. The first-order valence-electron chi connectivity index (χ1n) is 10.1. The second kappa shape index (κ2) is 7.97. The number of carbonyl (C=O) groups is 2. The van der Waals surface area contributed by atoms with Gasteiger partial charge in [0.1, 0.15) is 0 Å². The molecule has 0 unspecified atom stereocenters. The van der Waals surface area contributed by atoms with E-state index in [0.717, 1.165) is 42.3 Å². The van der Waals surface area contributed by atoms with E-state index in [1.54, 1.807) is 11.3 Å². The van der Waals surface area contributed by atoms with Crippen LogP contribution in [0, 0.1) is 11.8 Å². The molecule has 2 aliphatic rings. The quantitative estimate of drug-likeness (QED) is 0.809. The summed E-state index contributed by atoms with van der Waals surface area (Å²) in [6.07, 6.45) is 7.04. The van der Waals surface area contributed by atoms with Crippen LogP contribution in [-0.4, -0.2) is 34.8 Å². The van der Waals surface area contributed by atoms with Crippen molar-refractivity contribution >= 4 is 38.5 Å². The molecule has 1 aromatic carbocycles. The molecule has 6 heteroatoms. The van der Waals surface area contributed by atoms with Crippen LogP contribution in [0.2, 0.25) is 0 Å². The molecule has 1 saturated heterocycles. The van der Waals surface area contributed by atoms with Crippen molar-refractivity contribution in [1.82, 2.24) is 9.88 Å². The van der Waals surface area contributed by atoms with Gasteiger partial charge >= 0.3 is 0 Å². The van der Waals surface area contributed by atoms with Gasteiger partial charge in [0.15, 0.2) is 5.13 Å². The van der Waals surface area contributed by atoms with E-state index in [1.165, 1.54) is 18.4 Å². The molecule has 2 fully saturated rings. The number of nitrogens with one attached hydrogen (secondary N) is 1. The lowest BCUT2D eigenvalue weighted by Crippen LogP contribution is -2.42. The minimum atomic E-state index is -0.0274. The maximum absolute atomic E-state index is 12.6. The second-order valence-corrected chi connectivity index (χ2v) is 8.82. The van der Waals surface area contributed by atoms with E-state index in [2.05, 4.69) is 35.4 Å². The summed E-state index contributed by atoms with van der Waals surface area (Å²) in [6, 6.07) is 6.38. The number of thiazole rings is 1. The third kappa shape index (κ3) is 4.32. The highest BCUT2D eigenvalue weighted by Crippen LogP contribution is 2.33. The van der Waals surface area contributed by atoms with Gasteiger partial charge in [-0.1, -0.05) is 30.7 Å². The molecule has 0 radical (unpaired) electrons. The third-order valence-corrected chi connectivity index (χ3v) is 6.54. The average molecular weight is 386 g/mol. The molecule has 0 atom stereocenters. The first kappa shape index (κ1) is 18.4. The Morgan fingerprint density at radius 2 is 1.96 bits per heavy atom. The maximum atomic E-state index is 12.6. The summed E-state index contributed by atoms with van der Waals surface area (Å²) < 4.78 is 1.13. The summed E-state index contributed by atoms with van der Waals surface area (Å²) in [6.45, 7) is 3.60. The van der Waals surface area contributed by atoms with Gasteiger partial charge in [-0.25, -0.2) is 4.98 Å². The number of anilines is 1. The molecule has 1 aromatic heterocycles. The van der Waals surface area contributed by atoms with Crippen molar-refractivity contribution in [1.29, 1.82) is 0 Å². The van der Waals surface area contributed by atoms with E-state index in [0.29, 0.717) is 24.1 Å². The summed E-state index contributed by atoms with van der Waals surface area (Å²) in [7, 11) is 0. The molecule has 4 rings (SSSR count). The van der Waals surface area contributed by atoms with Crippen molar-refractivity contribution in [3.8, 4) is 0 Å². The fourth-order valence-corrected chi connectivity index (χ4v) is 4.65. The van der Waals surface area contributed by atoms with Crippen LogP contribution in [0.1, 0.15) is 51.0 Å². The van der Waals surface area contributed by atoms with Gasteiger partial charge in [-0.2, -0.15) is 0 Å². The number of unbranched alkanes of at least 4 members (excludes halogenated alkanes) is 1. The summed E-state index contributed by atoms with van der Waals surface area (Å²) in [5.74, 6) is 0.568. The molecule has 144 valence electrons. The molecule has 2 amide bonds. The zero-order valence-corrected chi connectivity index (χ0v) is 16.7. The van der Waals surface area contributed by atoms with Gasteiger partial charge in [-0.05, 0) is 56.2 Å². The highest BCUT2D eigenvalue weighted by molar-refractivity contribution is 7.22. The van der Waals surface area contributed by atoms with Crippen LogP contribution in [0.5, 0.6) is 0 Å². The molecule has 1 N–H and O–H groups in total. The highest BCUT2D eigenvalue weighted by Gasteiger charge is 2.36. The van der Waals surface area contributed by atoms with Crippen LogP contribution in [-0.2, 0) is 16.0 Å². The average Bonchev–Trinajstić information content (AvgIpc) is 3.46. The minimum Gasteiger partial charge on any atom is -0.342 e. The lowest BCUT2D eigenvalue weighted by atomic mass is 9.95. The van der Waals surface area contributed by atoms with Crippen molar-refractivity contribution in [2.45, 2.75) is 51.9 Å². The van der Waals surface area contributed by atoms with Gasteiger partial charge in [-0.15, -0.1) is 0 Å². The van der Waals surface area contributed by atoms with Gasteiger partial charge in [0.2, 0.25) is 11.8 Å². The maximum Gasteiger partial charge on any atom is 0.229 e. The Morgan fingerprint density at radius 1 is 1.19 bits per heavy atom. The molecular weight excluding hydrogens is 358 g/mol. The molecular formula is C21H27N3O2S. The van der Waals surface area contributed by atoms with Gasteiger partial charge in [0.25, 0.3) is 0 Å². The number of nitrogens with zero attached hydrogens (tertiary/aromatic N) is 2. The Morgan fingerprint density at radius 3 is 2.67 bits per heavy atom. The first-order valence-corrected chi connectivity index (χ1v) is 10.9. The standard InChI is InChI=1S/C21H27N3O2S/c1-2-3-4-14-5-8-17-18(13-14)27-21(22-17)23-19(25)15-9-11-24(12-10-15)20(26)16-6-7-16/h5,8,13,15-16H,2-4,6-7,9-12H2,1H3,(H,22,23,25). The predicted octanol–water partition coefficient (Wildman–Crippen LogP) is 4.23. The number of amides is 2. The van der Waals surface area contributed by atoms with Crippen molar-refractivity contribution < 1.29 is 9.59 Å². The SMILES string of the molecule is CCCCc1ccc2nc(NC(=O)C3CCN(C(=O)C4CC4)CC3)sc2c1. The zero-order chi connectivity index (χ0) is 18.8. The number of hydrogen-bond acceptors (Lipinski definition) is 4. The molecule has 27 heavy (non-hydrogen) atoms. The van der Waals surface area contributed by atoms with Crippen LogP contribution in [0.4, 0.5) is 5.13 Å². The Labute approximate surface area is 164 Å². The summed E-state index contributed by atoms with van der Waals surface area (Å²) in [5, 5.41) is 3.69. The number of hydrogen-bond donors (Lipinski definition) is 1. The molecule has 5 nitrogen and oxygen atoms in total. The van der Waals surface area contributed by atoms with E-state index in [1.807, 2.05) is 4.90 Å². The number of likely N-dealkylation sites (tertiary alicyclic amines) is 1. The van der Waals surface area contributed by atoms with Gasteiger partial charge < -0.3 is 10.2 Å².